The summed E-state index contributed by atoms with van der Waals surface area (Å²) in [4.78, 5) is 16.2. The molecular weight excluding hydrogens is 342 g/mol. The summed E-state index contributed by atoms with van der Waals surface area (Å²) in [7, 11) is -2.43. The fourth-order valence-electron chi connectivity index (χ4n) is 2.43. The molecule has 25 heavy (non-hydrogen) atoms. The minimum absolute atomic E-state index is 0.147. The van der Waals surface area contributed by atoms with Gasteiger partial charge in [0.05, 0.1) is 24.2 Å². The van der Waals surface area contributed by atoms with E-state index in [1.54, 1.807) is 36.5 Å². The standard InChI is InChI=1S/C17H17N3O4S/c1-20(12-17(21)19-11-14-5-3-9-24-14)25(22,23)16-6-2-4-13-10-18-8-7-15(13)16/h2-10H,11-12H2,1H3,(H,19,21). The summed E-state index contributed by atoms with van der Waals surface area (Å²) in [5.41, 5.74) is 0. The number of pyridine rings is 1. The number of amides is 1. The third-order valence-electron chi connectivity index (χ3n) is 3.74. The molecule has 2 heterocycles. The number of nitrogens with one attached hydrogen (secondary N) is 1. The van der Waals surface area contributed by atoms with Crippen LogP contribution in [-0.4, -0.2) is 37.2 Å². The Bertz CT molecular complexity index is 979. The molecule has 3 rings (SSSR count). The molecule has 0 aliphatic rings. The minimum Gasteiger partial charge on any atom is -0.467 e. The van der Waals surface area contributed by atoms with Crippen LogP contribution < -0.4 is 5.32 Å². The van der Waals surface area contributed by atoms with Crippen LogP contribution in [0.2, 0.25) is 0 Å². The first kappa shape index (κ1) is 17.1. The Hall–Kier alpha value is -2.71. The van der Waals surface area contributed by atoms with Gasteiger partial charge in [0.25, 0.3) is 0 Å². The molecule has 0 saturated heterocycles. The number of carbonyl (C=O) groups excluding carboxylic acids is 1. The lowest BCUT2D eigenvalue weighted by atomic mass is 10.2. The molecule has 1 aromatic carbocycles. The average molecular weight is 359 g/mol. The van der Waals surface area contributed by atoms with Gasteiger partial charge in [-0.25, -0.2) is 8.42 Å². The topological polar surface area (TPSA) is 92.5 Å². The maximum absolute atomic E-state index is 12.8. The molecule has 0 fully saturated rings. The zero-order valence-corrected chi connectivity index (χ0v) is 14.4. The molecule has 0 spiro atoms. The van der Waals surface area contributed by atoms with Gasteiger partial charge in [-0.2, -0.15) is 4.31 Å². The molecule has 0 unspecified atom stereocenters. The van der Waals surface area contributed by atoms with E-state index >= 15 is 0 Å². The molecule has 0 atom stereocenters. The van der Waals surface area contributed by atoms with Crippen LogP contribution in [-0.2, 0) is 21.4 Å². The van der Waals surface area contributed by atoms with Crippen molar-refractivity contribution in [1.82, 2.24) is 14.6 Å². The number of fused-ring (bicyclic) bond motifs is 1. The summed E-state index contributed by atoms with van der Waals surface area (Å²) in [6.45, 7) is -0.0792. The SMILES string of the molecule is CN(CC(=O)NCc1ccco1)S(=O)(=O)c1cccc2cnccc12. The number of carbonyl (C=O) groups is 1. The molecule has 0 bridgehead atoms. The Morgan fingerprint density at radius 3 is 2.84 bits per heavy atom. The number of benzene rings is 1. The molecule has 0 saturated carbocycles. The second-order valence-corrected chi connectivity index (χ2v) is 7.48. The Morgan fingerprint density at radius 2 is 2.08 bits per heavy atom. The van der Waals surface area contributed by atoms with E-state index < -0.39 is 15.9 Å². The van der Waals surface area contributed by atoms with Crippen LogP contribution >= 0.6 is 0 Å². The van der Waals surface area contributed by atoms with E-state index in [1.807, 2.05) is 0 Å². The second kappa shape index (κ2) is 7.04. The summed E-state index contributed by atoms with van der Waals surface area (Å²) >= 11 is 0. The van der Waals surface area contributed by atoms with Gasteiger partial charge < -0.3 is 9.73 Å². The Kier molecular flexibility index (Phi) is 4.82. The van der Waals surface area contributed by atoms with Gasteiger partial charge in [-0.05, 0) is 24.3 Å². The molecule has 3 aromatic rings. The lowest BCUT2D eigenvalue weighted by Gasteiger charge is -2.18. The summed E-state index contributed by atoms with van der Waals surface area (Å²) in [6, 6.07) is 10.1. The van der Waals surface area contributed by atoms with Crippen molar-refractivity contribution in [2.45, 2.75) is 11.4 Å². The molecule has 2 aromatic heterocycles. The Labute approximate surface area is 145 Å². The van der Waals surface area contributed by atoms with Crippen LogP contribution in [0.3, 0.4) is 0 Å². The zero-order valence-electron chi connectivity index (χ0n) is 13.5. The highest BCUT2D eigenvalue weighted by Crippen LogP contribution is 2.24. The minimum atomic E-state index is -3.81. The molecule has 0 radical (unpaired) electrons. The van der Waals surface area contributed by atoms with Crippen molar-refractivity contribution in [2.24, 2.45) is 0 Å². The number of aromatic nitrogens is 1. The monoisotopic (exact) mass is 359 g/mol. The zero-order chi connectivity index (χ0) is 17.9. The number of furan rings is 1. The number of hydrogen-bond acceptors (Lipinski definition) is 5. The molecule has 0 aliphatic carbocycles. The fraction of sp³-hybridized carbons (Fsp3) is 0.176. The molecule has 0 aliphatic heterocycles. The van der Waals surface area contributed by atoms with Gasteiger partial charge in [0, 0.05) is 30.2 Å². The molecule has 1 amide bonds. The van der Waals surface area contributed by atoms with Crippen molar-refractivity contribution in [3.8, 4) is 0 Å². The number of likely N-dealkylation sites (N-methyl/N-ethyl adjacent to an activating group) is 1. The van der Waals surface area contributed by atoms with Crippen LogP contribution in [0.25, 0.3) is 10.8 Å². The highest BCUT2D eigenvalue weighted by Gasteiger charge is 2.24. The van der Waals surface area contributed by atoms with Gasteiger partial charge in [0.15, 0.2) is 0 Å². The van der Waals surface area contributed by atoms with E-state index in [4.69, 9.17) is 4.42 Å². The van der Waals surface area contributed by atoms with Crippen LogP contribution in [0.5, 0.6) is 0 Å². The number of hydrogen-bond donors (Lipinski definition) is 1. The van der Waals surface area contributed by atoms with Crippen LogP contribution in [0.15, 0.2) is 64.4 Å². The van der Waals surface area contributed by atoms with E-state index in [2.05, 4.69) is 10.3 Å². The summed E-state index contributed by atoms with van der Waals surface area (Å²) in [6.07, 6.45) is 4.65. The lowest BCUT2D eigenvalue weighted by Crippen LogP contribution is -2.38. The van der Waals surface area contributed by atoms with Crippen LogP contribution in [0, 0.1) is 0 Å². The lowest BCUT2D eigenvalue weighted by molar-refractivity contribution is -0.121. The van der Waals surface area contributed by atoms with Crippen molar-refractivity contribution in [1.29, 1.82) is 0 Å². The molecular formula is C17H17N3O4S. The maximum Gasteiger partial charge on any atom is 0.243 e. The van der Waals surface area contributed by atoms with Gasteiger partial charge in [-0.3, -0.25) is 9.78 Å². The Morgan fingerprint density at radius 1 is 1.24 bits per heavy atom. The third-order valence-corrected chi connectivity index (χ3v) is 5.60. The smallest absolute Gasteiger partial charge is 0.243 e. The Balaban J connectivity index is 1.75. The van der Waals surface area contributed by atoms with Crippen molar-refractivity contribution in [2.75, 3.05) is 13.6 Å². The summed E-state index contributed by atoms with van der Waals surface area (Å²) in [5, 5.41) is 3.92. The highest BCUT2D eigenvalue weighted by molar-refractivity contribution is 7.89. The average Bonchev–Trinajstić information content (AvgIpc) is 3.13. The van der Waals surface area contributed by atoms with E-state index in [0.29, 0.717) is 11.1 Å². The number of rotatable bonds is 6. The summed E-state index contributed by atoms with van der Waals surface area (Å²) < 4.78 is 31.8. The van der Waals surface area contributed by atoms with E-state index in [1.165, 1.54) is 25.6 Å². The molecule has 130 valence electrons. The van der Waals surface area contributed by atoms with Crippen LogP contribution in [0.1, 0.15) is 5.76 Å². The van der Waals surface area contributed by atoms with E-state index in [-0.39, 0.29) is 18.0 Å². The van der Waals surface area contributed by atoms with Crippen LogP contribution in [0.4, 0.5) is 0 Å². The predicted octanol–water partition coefficient (Wildman–Crippen LogP) is 1.76. The van der Waals surface area contributed by atoms with Gasteiger partial charge in [0.1, 0.15) is 5.76 Å². The highest BCUT2D eigenvalue weighted by atomic mass is 32.2. The largest absolute Gasteiger partial charge is 0.467 e. The molecule has 7 nitrogen and oxygen atoms in total. The first-order chi connectivity index (χ1) is 12.0. The fourth-order valence-corrected chi connectivity index (χ4v) is 3.76. The van der Waals surface area contributed by atoms with Crippen molar-refractivity contribution >= 4 is 26.7 Å². The van der Waals surface area contributed by atoms with Crippen molar-refractivity contribution in [3.05, 3.63) is 60.8 Å². The number of sulfonamides is 1. The van der Waals surface area contributed by atoms with Crippen molar-refractivity contribution in [3.63, 3.8) is 0 Å². The normalized spacial score (nSPS) is 11.8. The van der Waals surface area contributed by atoms with E-state index in [0.717, 1.165) is 9.69 Å². The second-order valence-electron chi connectivity index (χ2n) is 5.47. The van der Waals surface area contributed by atoms with Gasteiger partial charge in [-0.1, -0.05) is 12.1 Å². The molecule has 8 heteroatoms. The number of nitrogens with zero attached hydrogens (tertiary/aromatic N) is 2. The first-order valence-electron chi connectivity index (χ1n) is 7.56. The van der Waals surface area contributed by atoms with Gasteiger partial charge >= 0.3 is 0 Å². The van der Waals surface area contributed by atoms with Gasteiger partial charge in [-0.15, -0.1) is 0 Å². The van der Waals surface area contributed by atoms with Gasteiger partial charge in [0.2, 0.25) is 15.9 Å². The molecule has 1 N–H and O–H groups in total. The quantitative estimate of drug-likeness (QED) is 0.724. The maximum atomic E-state index is 12.8. The predicted molar refractivity (Wildman–Crippen MR) is 92.1 cm³/mol. The van der Waals surface area contributed by atoms with Crippen molar-refractivity contribution < 1.29 is 17.6 Å². The van der Waals surface area contributed by atoms with E-state index in [9.17, 15) is 13.2 Å². The summed E-state index contributed by atoms with van der Waals surface area (Å²) in [5.74, 6) is 0.185. The third kappa shape index (κ3) is 3.70. The first-order valence-corrected chi connectivity index (χ1v) is 9.00.